The van der Waals surface area contributed by atoms with Crippen molar-refractivity contribution in [2.75, 3.05) is 25.6 Å². The van der Waals surface area contributed by atoms with Crippen LogP contribution in [0.25, 0.3) is 0 Å². The van der Waals surface area contributed by atoms with Gasteiger partial charge in [-0.05, 0) is 64.2 Å². The van der Waals surface area contributed by atoms with Crippen LogP contribution in [-0.2, 0) is 9.59 Å². The Kier molecular flexibility index (Phi) is 7.58. The van der Waals surface area contributed by atoms with Crippen molar-refractivity contribution in [2.24, 2.45) is 16.9 Å². The molecule has 0 aromatic heterocycles. The van der Waals surface area contributed by atoms with E-state index in [2.05, 4.69) is 12.2 Å². The van der Waals surface area contributed by atoms with Crippen molar-refractivity contribution in [1.82, 2.24) is 9.91 Å². The van der Waals surface area contributed by atoms with E-state index in [-0.39, 0.29) is 29.5 Å². The summed E-state index contributed by atoms with van der Waals surface area (Å²) >= 11 is 5.88. The van der Waals surface area contributed by atoms with Gasteiger partial charge in [-0.15, -0.1) is 11.6 Å². The van der Waals surface area contributed by atoms with Gasteiger partial charge in [0.1, 0.15) is 12.0 Å². The predicted molar refractivity (Wildman–Crippen MR) is 128 cm³/mol. The monoisotopic (exact) mass is 473 g/mol. The Morgan fingerprint density at radius 3 is 2.55 bits per heavy atom. The summed E-state index contributed by atoms with van der Waals surface area (Å²) in [5, 5.41) is 6.48. The molecule has 178 valence electrons. The zero-order valence-electron chi connectivity index (χ0n) is 19.3. The molecule has 1 aromatic carbocycles. The maximum Gasteiger partial charge on any atom is 0.248 e. The fraction of sp³-hybridized carbons (Fsp3) is 0.560. The maximum atomic E-state index is 13.6. The SMILES string of the molecule is CCOc1ccc(C2=NN(C3CCCCN3C(=O)CCl)C(=O)[C@@H]3CC=CC[C@H]23)cc1OCC. The average molecular weight is 474 g/mol. The quantitative estimate of drug-likeness (QED) is 0.439. The number of hydrazone groups is 1. The number of fused-ring (bicyclic) bond motifs is 1. The highest BCUT2D eigenvalue weighted by Crippen LogP contribution is 2.38. The number of alkyl halides is 1. The first kappa shape index (κ1) is 23.6. The van der Waals surface area contributed by atoms with Crippen LogP contribution in [0.2, 0.25) is 0 Å². The molecule has 0 radical (unpaired) electrons. The van der Waals surface area contributed by atoms with E-state index in [1.165, 1.54) is 0 Å². The summed E-state index contributed by atoms with van der Waals surface area (Å²) in [5.41, 5.74) is 1.77. The van der Waals surface area contributed by atoms with Gasteiger partial charge in [0.05, 0.1) is 24.8 Å². The molecule has 0 spiro atoms. The van der Waals surface area contributed by atoms with E-state index < -0.39 is 6.17 Å². The molecule has 2 aliphatic heterocycles. The van der Waals surface area contributed by atoms with E-state index in [1.807, 2.05) is 32.0 Å². The second-order valence-electron chi connectivity index (χ2n) is 8.55. The van der Waals surface area contributed by atoms with Gasteiger partial charge in [0.15, 0.2) is 11.5 Å². The van der Waals surface area contributed by atoms with Gasteiger partial charge in [-0.25, -0.2) is 5.01 Å². The van der Waals surface area contributed by atoms with E-state index in [0.717, 1.165) is 30.5 Å². The minimum Gasteiger partial charge on any atom is -0.490 e. The van der Waals surface area contributed by atoms with Crippen LogP contribution in [0.5, 0.6) is 11.5 Å². The summed E-state index contributed by atoms with van der Waals surface area (Å²) in [5.74, 6) is 0.896. The van der Waals surface area contributed by atoms with Crippen LogP contribution in [-0.4, -0.2) is 59.2 Å². The van der Waals surface area contributed by atoms with Crippen LogP contribution in [0.1, 0.15) is 51.5 Å². The van der Waals surface area contributed by atoms with Crippen LogP contribution in [0, 0.1) is 11.8 Å². The molecule has 1 fully saturated rings. The molecule has 2 amide bonds. The molecule has 1 saturated heterocycles. The Hall–Kier alpha value is -2.54. The number of rotatable bonds is 7. The smallest absolute Gasteiger partial charge is 0.248 e. The van der Waals surface area contributed by atoms with Crippen LogP contribution in [0.3, 0.4) is 0 Å². The van der Waals surface area contributed by atoms with E-state index in [1.54, 1.807) is 9.91 Å². The van der Waals surface area contributed by atoms with Crippen molar-refractivity contribution in [1.29, 1.82) is 0 Å². The molecular weight excluding hydrogens is 442 g/mol. The number of allylic oxidation sites excluding steroid dienone is 2. The predicted octanol–water partition coefficient (Wildman–Crippen LogP) is 4.19. The van der Waals surface area contributed by atoms with Crippen LogP contribution >= 0.6 is 11.6 Å². The van der Waals surface area contributed by atoms with Gasteiger partial charge in [0.25, 0.3) is 0 Å². The molecule has 3 atom stereocenters. The number of hydrogen-bond donors (Lipinski definition) is 0. The molecule has 3 aliphatic rings. The van der Waals surface area contributed by atoms with E-state index in [0.29, 0.717) is 44.1 Å². The van der Waals surface area contributed by atoms with Gasteiger partial charge in [0.2, 0.25) is 11.8 Å². The summed E-state index contributed by atoms with van der Waals surface area (Å²) < 4.78 is 11.6. The van der Waals surface area contributed by atoms with Crippen molar-refractivity contribution in [3.8, 4) is 11.5 Å². The van der Waals surface area contributed by atoms with E-state index >= 15 is 0 Å². The summed E-state index contributed by atoms with van der Waals surface area (Å²) in [6, 6.07) is 5.85. The number of piperidine rings is 1. The minimum atomic E-state index is -0.395. The number of amides is 2. The molecule has 4 rings (SSSR count). The first-order chi connectivity index (χ1) is 16.1. The Labute approximate surface area is 200 Å². The standard InChI is InChI=1S/C25H32ClN3O4/c1-3-32-20-13-12-17(15-21(20)33-4-2)24-18-9-5-6-10-19(18)25(31)29(27-24)22-11-7-8-14-28(22)23(30)16-26/h5-6,12-13,15,18-19,22H,3-4,7-11,14,16H2,1-2H3/t18-,19+,22?/m0/s1. The lowest BCUT2D eigenvalue weighted by Crippen LogP contribution is -2.58. The molecule has 1 unspecified atom stereocenters. The third-order valence-electron chi connectivity index (χ3n) is 6.57. The zero-order chi connectivity index (χ0) is 23.4. The lowest BCUT2D eigenvalue weighted by atomic mass is 9.76. The molecule has 0 N–H and O–H groups in total. The fourth-order valence-corrected chi connectivity index (χ4v) is 5.18. The van der Waals surface area contributed by atoms with Crippen molar-refractivity contribution in [3.63, 3.8) is 0 Å². The van der Waals surface area contributed by atoms with Crippen molar-refractivity contribution in [2.45, 2.75) is 52.1 Å². The Morgan fingerprint density at radius 2 is 1.82 bits per heavy atom. The van der Waals surface area contributed by atoms with Crippen molar-refractivity contribution in [3.05, 3.63) is 35.9 Å². The number of benzene rings is 1. The van der Waals surface area contributed by atoms with Gasteiger partial charge < -0.3 is 14.4 Å². The summed E-state index contributed by atoms with van der Waals surface area (Å²) in [4.78, 5) is 27.8. The van der Waals surface area contributed by atoms with Gasteiger partial charge in [-0.3, -0.25) is 9.59 Å². The second kappa shape index (κ2) is 10.6. The second-order valence-corrected chi connectivity index (χ2v) is 8.82. The van der Waals surface area contributed by atoms with E-state index in [9.17, 15) is 9.59 Å². The Balaban J connectivity index is 1.76. The molecule has 1 aromatic rings. The van der Waals surface area contributed by atoms with Gasteiger partial charge in [-0.1, -0.05) is 12.2 Å². The summed E-state index contributed by atoms with van der Waals surface area (Å²) in [6.45, 7) is 5.54. The number of likely N-dealkylation sites (tertiary alicyclic amines) is 1. The normalized spacial score (nSPS) is 24.9. The maximum absolute atomic E-state index is 13.6. The molecule has 0 bridgehead atoms. The topological polar surface area (TPSA) is 71.4 Å². The third-order valence-corrected chi connectivity index (χ3v) is 6.80. The zero-order valence-corrected chi connectivity index (χ0v) is 20.1. The number of carbonyl (C=O) groups excluding carboxylic acids is 2. The molecule has 0 saturated carbocycles. The lowest BCUT2D eigenvalue weighted by Gasteiger charge is -2.45. The highest BCUT2D eigenvalue weighted by molar-refractivity contribution is 6.27. The largest absolute Gasteiger partial charge is 0.490 e. The third kappa shape index (κ3) is 4.74. The number of hydrogen-bond acceptors (Lipinski definition) is 5. The van der Waals surface area contributed by atoms with Crippen LogP contribution < -0.4 is 9.47 Å². The molecule has 2 heterocycles. The average Bonchev–Trinajstić information content (AvgIpc) is 2.85. The molecular formula is C25H32ClN3O4. The highest BCUT2D eigenvalue weighted by Gasteiger charge is 2.44. The number of nitrogens with zero attached hydrogens (tertiary/aromatic N) is 3. The molecule has 33 heavy (non-hydrogen) atoms. The highest BCUT2D eigenvalue weighted by atomic mass is 35.5. The number of halogens is 1. The molecule has 1 aliphatic carbocycles. The summed E-state index contributed by atoms with van der Waals surface area (Å²) in [7, 11) is 0. The Morgan fingerprint density at radius 1 is 1.09 bits per heavy atom. The van der Waals surface area contributed by atoms with Crippen LogP contribution in [0.15, 0.2) is 35.5 Å². The van der Waals surface area contributed by atoms with Gasteiger partial charge in [-0.2, -0.15) is 5.10 Å². The minimum absolute atomic E-state index is 0.00746. The van der Waals surface area contributed by atoms with E-state index in [4.69, 9.17) is 26.2 Å². The van der Waals surface area contributed by atoms with Crippen molar-refractivity contribution >= 4 is 29.1 Å². The van der Waals surface area contributed by atoms with Crippen molar-refractivity contribution < 1.29 is 19.1 Å². The first-order valence-electron chi connectivity index (χ1n) is 11.9. The number of carbonyl (C=O) groups is 2. The molecule has 8 heteroatoms. The fourth-order valence-electron chi connectivity index (χ4n) is 5.03. The number of ether oxygens (including phenoxy) is 2. The van der Waals surface area contributed by atoms with Gasteiger partial charge in [0, 0.05) is 18.0 Å². The lowest BCUT2D eigenvalue weighted by molar-refractivity contribution is -0.152. The van der Waals surface area contributed by atoms with Gasteiger partial charge >= 0.3 is 0 Å². The first-order valence-corrected chi connectivity index (χ1v) is 12.4. The summed E-state index contributed by atoms with van der Waals surface area (Å²) in [6.07, 6.45) is 7.79. The molecule has 7 nitrogen and oxygen atoms in total. The van der Waals surface area contributed by atoms with Crippen LogP contribution in [0.4, 0.5) is 0 Å². The Bertz CT molecular complexity index is 948.